The number of hydrogen-bond acceptors (Lipinski definition) is 5. The third kappa shape index (κ3) is 6.16. The van der Waals surface area contributed by atoms with Gasteiger partial charge in [0.05, 0.1) is 6.61 Å². The van der Waals surface area contributed by atoms with Crippen LogP contribution in [0.2, 0.25) is 10.0 Å². The molecule has 0 aromatic heterocycles. The molecule has 5 nitrogen and oxygen atoms in total. The van der Waals surface area contributed by atoms with Crippen molar-refractivity contribution in [1.82, 2.24) is 0 Å². The van der Waals surface area contributed by atoms with E-state index in [1.807, 2.05) is 24.3 Å². The van der Waals surface area contributed by atoms with Crippen LogP contribution in [0.5, 0.6) is 5.75 Å². The van der Waals surface area contributed by atoms with Gasteiger partial charge in [-0.15, -0.1) is 0 Å². The Bertz CT molecular complexity index is 963. The molecule has 0 N–H and O–H groups in total. The Kier molecular flexibility index (Phi) is 9.04. The number of nitriles is 1. The van der Waals surface area contributed by atoms with Gasteiger partial charge in [-0.05, 0) is 51.1 Å². The van der Waals surface area contributed by atoms with Crippen molar-refractivity contribution in [2.75, 3.05) is 24.6 Å². The average Bonchev–Trinajstić information content (AvgIpc) is 2.73. The molecule has 0 heterocycles. The van der Waals surface area contributed by atoms with Crippen LogP contribution in [-0.2, 0) is 16.1 Å². The standard InChI is InChI=1S/C23H24Cl2N2O3/c1-4-27(5-2)20-10-8-16(11-18(14-26)23(28)29-6-3)22(13-20)30-15-17-7-9-19(24)12-21(17)25/h7-13H,4-6,15H2,1-3H3/b18-11+. The first-order valence-electron chi connectivity index (χ1n) is 9.68. The van der Waals surface area contributed by atoms with Gasteiger partial charge in [-0.3, -0.25) is 0 Å². The number of carbonyl (C=O) groups excluding carboxylic acids is 1. The topological polar surface area (TPSA) is 62.6 Å². The van der Waals surface area contributed by atoms with Gasteiger partial charge in [-0.1, -0.05) is 29.3 Å². The van der Waals surface area contributed by atoms with Crippen molar-refractivity contribution in [3.8, 4) is 11.8 Å². The number of halogens is 2. The lowest BCUT2D eigenvalue weighted by Crippen LogP contribution is -2.21. The second-order valence-corrected chi connectivity index (χ2v) is 7.15. The summed E-state index contributed by atoms with van der Waals surface area (Å²) in [6, 6.07) is 12.7. The van der Waals surface area contributed by atoms with Crippen LogP contribution < -0.4 is 9.64 Å². The third-order valence-corrected chi connectivity index (χ3v) is 5.03. The first-order valence-corrected chi connectivity index (χ1v) is 10.4. The molecule has 2 aromatic rings. The predicted octanol–water partition coefficient (Wildman–Crippen LogP) is 5.89. The smallest absolute Gasteiger partial charge is 0.348 e. The maximum absolute atomic E-state index is 12.0. The molecule has 0 spiro atoms. The number of benzene rings is 2. The van der Waals surface area contributed by atoms with Crippen LogP contribution >= 0.6 is 23.2 Å². The third-order valence-electron chi connectivity index (χ3n) is 4.44. The van der Waals surface area contributed by atoms with Crippen molar-refractivity contribution in [2.45, 2.75) is 27.4 Å². The Morgan fingerprint density at radius 1 is 1.13 bits per heavy atom. The Balaban J connectivity index is 2.43. The van der Waals surface area contributed by atoms with Crippen molar-refractivity contribution in [3.63, 3.8) is 0 Å². The minimum Gasteiger partial charge on any atom is -0.488 e. The minimum absolute atomic E-state index is 0.0955. The molecule has 158 valence electrons. The van der Waals surface area contributed by atoms with Crippen LogP contribution in [0.3, 0.4) is 0 Å². The fraction of sp³-hybridized carbons (Fsp3) is 0.304. The van der Waals surface area contributed by atoms with Crippen LogP contribution in [0.4, 0.5) is 5.69 Å². The molecule has 0 amide bonds. The zero-order chi connectivity index (χ0) is 22.1. The molecule has 0 radical (unpaired) electrons. The molecule has 0 atom stereocenters. The van der Waals surface area contributed by atoms with Crippen molar-refractivity contribution in [3.05, 3.63) is 63.1 Å². The minimum atomic E-state index is -0.667. The highest BCUT2D eigenvalue weighted by Gasteiger charge is 2.14. The summed E-state index contributed by atoms with van der Waals surface area (Å²) >= 11 is 12.2. The van der Waals surface area contributed by atoms with Gasteiger partial charge >= 0.3 is 5.97 Å². The monoisotopic (exact) mass is 446 g/mol. The van der Waals surface area contributed by atoms with Gasteiger partial charge in [0.25, 0.3) is 0 Å². The highest BCUT2D eigenvalue weighted by atomic mass is 35.5. The van der Waals surface area contributed by atoms with E-state index in [9.17, 15) is 10.1 Å². The molecule has 30 heavy (non-hydrogen) atoms. The van der Waals surface area contributed by atoms with Crippen LogP contribution in [0.1, 0.15) is 31.9 Å². The van der Waals surface area contributed by atoms with E-state index in [-0.39, 0.29) is 18.8 Å². The number of nitrogens with zero attached hydrogens (tertiary/aromatic N) is 2. The molecule has 0 aliphatic carbocycles. The zero-order valence-corrected chi connectivity index (χ0v) is 18.8. The maximum Gasteiger partial charge on any atom is 0.348 e. The van der Waals surface area contributed by atoms with E-state index in [0.717, 1.165) is 24.3 Å². The van der Waals surface area contributed by atoms with Gasteiger partial charge in [0.2, 0.25) is 0 Å². The van der Waals surface area contributed by atoms with Crippen molar-refractivity contribution in [2.24, 2.45) is 0 Å². The molecule has 0 fully saturated rings. The Labute approximate surface area is 187 Å². The fourth-order valence-electron chi connectivity index (χ4n) is 2.85. The number of hydrogen-bond donors (Lipinski definition) is 0. The van der Waals surface area contributed by atoms with Crippen LogP contribution in [-0.4, -0.2) is 25.7 Å². The number of carbonyl (C=O) groups is 1. The summed E-state index contributed by atoms with van der Waals surface area (Å²) in [6.45, 7) is 7.90. The van der Waals surface area contributed by atoms with E-state index in [1.165, 1.54) is 6.08 Å². The second kappa shape index (κ2) is 11.5. The Morgan fingerprint density at radius 2 is 1.87 bits per heavy atom. The first-order chi connectivity index (χ1) is 14.4. The summed E-state index contributed by atoms with van der Waals surface area (Å²) in [5.41, 5.74) is 2.25. The number of anilines is 1. The first kappa shape index (κ1) is 23.6. The number of esters is 1. The van der Waals surface area contributed by atoms with E-state index < -0.39 is 5.97 Å². The zero-order valence-electron chi connectivity index (χ0n) is 17.2. The van der Waals surface area contributed by atoms with Crippen LogP contribution in [0, 0.1) is 11.3 Å². The number of rotatable bonds is 9. The highest BCUT2D eigenvalue weighted by molar-refractivity contribution is 6.35. The molecular weight excluding hydrogens is 423 g/mol. The van der Waals surface area contributed by atoms with Gasteiger partial charge in [0.1, 0.15) is 24.0 Å². The SMILES string of the molecule is CCOC(=O)/C(C#N)=C/c1ccc(N(CC)CC)cc1OCc1ccc(Cl)cc1Cl. The van der Waals surface area contributed by atoms with Crippen molar-refractivity contribution >= 4 is 40.9 Å². The molecule has 2 aromatic carbocycles. The van der Waals surface area contributed by atoms with Crippen molar-refractivity contribution < 1.29 is 14.3 Å². The summed E-state index contributed by atoms with van der Waals surface area (Å²) in [5.74, 6) is -0.137. The lowest BCUT2D eigenvalue weighted by Gasteiger charge is -2.22. The Hall–Kier alpha value is -2.68. The largest absolute Gasteiger partial charge is 0.488 e. The molecule has 0 aliphatic heterocycles. The average molecular weight is 447 g/mol. The van der Waals surface area contributed by atoms with Crippen molar-refractivity contribution in [1.29, 1.82) is 5.26 Å². The van der Waals surface area contributed by atoms with E-state index in [4.69, 9.17) is 32.7 Å². The van der Waals surface area contributed by atoms with E-state index in [1.54, 1.807) is 25.1 Å². The highest BCUT2D eigenvalue weighted by Crippen LogP contribution is 2.30. The second-order valence-electron chi connectivity index (χ2n) is 6.31. The molecule has 0 saturated heterocycles. The van der Waals surface area contributed by atoms with Crippen LogP contribution in [0.25, 0.3) is 6.08 Å². The molecule has 0 aliphatic rings. The predicted molar refractivity (Wildman–Crippen MR) is 121 cm³/mol. The van der Waals surface area contributed by atoms with Gasteiger partial charge in [0, 0.05) is 46.0 Å². The molecular formula is C23H24Cl2N2O3. The summed E-state index contributed by atoms with van der Waals surface area (Å²) in [7, 11) is 0. The summed E-state index contributed by atoms with van der Waals surface area (Å²) in [5, 5.41) is 10.4. The fourth-order valence-corrected chi connectivity index (χ4v) is 3.31. The van der Waals surface area contributed by atoms with Gasteiger partial charge in [-0.25, -0.2) is 4.79 Å². The lowest BCUT2D eigenvalue weighted by atomic mass is 10.1. The van der Waals surface area contributed by atoms with Gasteiger partial charge in [0.15, 0.2) is 0 Å². The normalized spacial score (nSPS) is 11.0. The van der Waals surface area contributed by atoms with Gasteiger partial charge in [-0.2, -0.15) is 5.26 Å². The molecule has 2 rings (SSSR count). The summed E-state index contributed by atoms with van der Waals surface area (Å²) in [6.07, 6.45) is 1.48. The molecule has 0 unspecified atom stereocenters. The maximum atomic E-state index is 12.0. The van der Waals surface area contributed by atoms with E-state index in [0.29, 0.717) is 21.4 Å². The van der Waals surface area contributed by atoms with Crippen LogP contribution in [0.15, 0.2) is 42.0 Å². The van der Waals surface area contributed by atoms with Gasteiger partial charge < -0.3 is 14.4 Å². The number of ether oxygens (including phenoxy) is 2. The summed E-state index contributed by atoms with van der Waals surface area (Å²) < 4.78 is 11.0. The lowest BCUT2D eigenvalue weighted by molar-refractivity contribution is -0.137. The molecule has 0 bridgehead atoms. The summed E-state index contributed by atoms with van der Waals surface area (Å²) in [4.78, 5) is 14.2. The molecule has 0 saturated carbocycles. The molecule has 7 heteroatoms. The Morgan fingerprint density at radius 3 is 2.47 bits per heavy atom. The quantitative estimate of drug-likeness (QED) is 0.273. The van der Waals surface area contributed by atoms with E-state index in [2.05, 4.69) is 18.7 Å². The van der Waals surface area contributed by atoms with E-state index >= 15 is 0 Å².